The van der Waals surface area contributed by atoms with Gasteiger partial charge in [-0.05, 0) is 54.3 Å². The summed E-state index contributed by atoms with van der Waals surface area (Å²) >= 11 is 0. The summed E-state index contributed by atoms with van der Waals surface area (Å²) in [4.78, 5) is 19.8. The maximum atomic E-state index is 13.5. The molecule has 31 heavy (non-hydrogen) atoms. The molecule has 6 heteroatoms. The van der Waals surface area contributed by atoms with E-state index < -0.39 is 0 Å². The summed E-state index contributed by atoms with van der Waals surface area (Å²) in [6, 6.07) is 17.4. The number of hydrogen-bond donors (Lipinski definition) is 1. The molecule has 0 bridgehead atoms. The Bertz CT molecular complexity index is 1180. The van der Waals surface area contributed by atoms with Crippen LogP contribution in [0.25, 0.3) is 12.2 Å². The number of nitrogens with two attached hydrogens (primary N) is 1. The third kappa shape index (κ3) is 4.73. The van der Waals surface area contributed by atoms with E-state index in [0.29, 0.717) is 24.2 Å². The van der Waals surface area contributed by atoms with Crippen LogP contribution in [0.15, 0.2) is 65.7 Å². The molecule has 6 nitrogen and oxygen atoms in total. The molecule has 0 amide bonds. The highest BCUT2D eigenvalue weighted by molar-refractivity contribution is 5.69. The Kier molecular flexibility index (Phi) is 6.25. The highest BCUT2D eigenvalue weighted by Gasteiger charge is 2.21. The minimum Gasteiger partial charge on any atom is -0.356 e. The molecular weight excluding hydrogens is 386 g/mol. The molecule has 156 valence electrons. The van der Waals surface area contributed by atoms with Crippen molar-refractivity contribution in [2.45, 2.75) is 25.4 Å². The van der Waals surface area contributed by atoms with Crippen molar-refractivity contribution in [3.63, 3.8) is 0 Å². The highest BCUT2D eigenvalue weighted by Crippen LogP contribution is 2.21. The molecule has 1 aromatic carbocycles. The van der Waals surface area contributed by atoms with Crippen LogP contribution in [0.1, 0.15) is 35.1 Å². The van der Waals surface area contributed by atoms with E-state index >= 15 is 0 Å². The van der Waals surface area contributed by atoms with Gasteiger partial charge in [0.15, 0.2) is 0 Å². The van der Waals surface area contributed by atoms with E-state index in [9.17, 15) is 10.1 Å². The Hall–Kier alpha value is -3.69. The Morgan fingerprint density at radius 1 is 1.16 bits per heavy atom. The molecule has 0 unspecified atom stereocenters. The van der Waals surface area contributed by atoms with E-state index in [2.05, 4.69) is 16.0 Å². The number of anilines is 1. The van der Waals surface area contributed by atoms with Crippen molar-refractivity contribution in [2.75, 3.05) is 18.0 Å². The van der Waals surface area contributed by atoms with E-state index in [4.69, 9.17) is 5.73 Å². The van der Waals surface area contributed by atoms with Gasteiger partial charge in [0.1, 0.15) is 5.82 Å². The maximum absolute atomic E-state index is 13.5. The molecule has 1 aliphatic heterocycles. The van der Waals surface area contributed by atoms with Crippen LogP contribution in [0, 0.1) is 11.3 Å². The van der Waals surface area contributed by atoms with Crippen LogP contribution in [0.3, 0.4) is 0 Å². The van der Waals surface area contributed by atoms with Crippen molar-refractivity contribution in [1.29, 1.82) is 5.26 Å². The van der Waals surface area contributed by atoms with Crippen LogP contribution >= 0.6 is 0 Å². The minimum atomic E-state index is -0.0930. The van der Waals surface area contributed by atoms with Crippen molar-refractivity contribution in [2.24, 2.45) is 5.73 Å². The van der Waals surface area contributed by atoms with E-state index in [1.165, 1.54) is 0 Å². The third-order valence-electron chi connectivity index (χ3n) is 5.57. The fraction of sp³-hybridized carbons (Fsp3) is 0.240. The zero-order valence-electron chi connectivity index (χ0n) is 17.3. The number of hydrogen-bond acceptors (Lipinski definition) is 5. The van der Waals surface area contributed by atoms with E-state index in [-0.39, 0.29) is 11.6 Å². The number of nitrogens with zero attached hydrogens (tertiary/aromatic N) is 4. The fourth-order valence-corrected chi connectivity index (χ4v) is 3.96. The van der Waals surface area contributed by atoms with Crippen molar-refractivity contribution >= 4 is 18.0 Å². The number of aromatic nitrogens is 2. The topological polar surface area (TPSA) is 87.9 Å². The van der Waals surface area contributed by atoms with E-state index in [0.717, 1.165) is 36.3 Å². The minimum absolute atomic E-state index is 0.0915. The standard InChI is InChI=1S/C25H25N5O/c26-15-21-6-1-2-7-22(21)17-30-24(29-14-4-8-23(27)18-29)12-11-20(25(30)31)10-9-19-5-3-13-28-16-19/h1-3,5-7,9-13,16,23H,4,8,14,17-18,27H2/b10-9+/t23-/m1/s1. The average Bonchev–Trinajstić information content (AvgIpc) is 2.80. The molecule has 2 aromatic heterocycles. The lowest BCUT2D eigenvalue weighted by Crippen LogP contribution is -2.45. The Labute approximate surface area is 181 Å². The molecule has 3 aromatic rings. The molecule has 0 saturated carbocycles. The molecule has 1 saturated heterocycles. The van der Waals surface area contributed by atoms with Crippen LogP contribution in [0.5, 0.6) is 0 Å². The van der Waals surface area contributed by atoms with Gasteiger partial charge in [-0.1, -0.05) is 30.3 Å². The van der Waals surface area contributed by atoms with Gasteiger partial charge in [-0.15, -0.1) is 0 Å². The largest absolute Gasteiger partial charge is 0.356 e. The normalized spacial score (nSPS) is 16.4. The number of piperidine rings is 1. The second-order valence-electron chi connectivity index (χ2n) is 7.78. The van der Waals surface area contributed by atoms with Crippen LogP contribution in [-0.4, -0.2) is 28.7 Å². The monoisotopic (exact) mass is 411 g/mol. The van der Waals surface area contributed by atoms with Gasteiger partial charge in [-0.2, -0.15) is 5.26 Å². The van der Waals surface area contributed by atoms with E-state index in [1.54, 1.807) is 23.0 Å². The molecule has 2 N–H and O–H groups in total. The van der Waals surface area contributed by atoms with Gasteiger partial charge in [0.2, 0.25) is 0 Å². The van der Waals surface area contributed by atoms with Crippen molar-refractivity contribution in [3.8, 4) is 6.07 Å². The summed E-state index contributed by atoms with van der Waals surface area (Å²) in [5.74, 6) is 0.839. The average molecular weight is 412 g/mol. The Morgan fingerprint density at radius 3 is 2.81 bits per heavy atom. The van der Waals surface area contributed by atoms with Gasteiger partial charge in [-0.3, -0.25) is 14.3 Å². The molecule has 1 fully saturated rings. The zero-order valence-corrected chi connectivity index (χ0v) is 17.3. The maximum Gasteiger partial charge on any atom is 0.259 e. The summed E-state index contributed by atoms with van der Waals surface area (Å²) in [5.41, 5.74) is 9.02. The smallest absolute Gasteiger partial charge is 0.259 e. The first-order chi connectivity index (χ1) is 15.2. The van der Waals surface area contributed by atoms with Crippen LogP contribution in [0.4, 0.5) is 5.82 Å². The number of pyridine rings is 2. The van der Waals surface area contributed by atoms with Gasteiger partial charge in [0.25, 0.3) is 5.56 Å². The first-order valence-electron chi connectivity index (χ1n) is 10.5. The predicted octanol–water partition coefficient (Wildman–Crippen LogP) is 3.26. The molecule has 1 aliphatic rings. The molecular formula is C25H25N5O. The first kappa shape index (κ1) is 20.6. The fourth-order valence-electron chi connectivity index (χ4n) is 3.96. The predicted molar refractivity (Wildman–Crippen MR) is 124 cm³/mol. The lowest BCUT2D eigenvalue weighted by molar-refractivity contribution is 0.496. The molecule has 0 aliphatic carbocycles. The van der Waals surface area contributed by atoms with Crippen LogP contribution in [0.2, 0.25) is 0 Å². The molecule has 3 heterocycles. The molecule has 0 spiro atoms. The summed E-state index contributed by atoms with van der Waals surface area (Å²) in [7, 11) is 0. The highest BCUT2D eigenvalue weighted by atomic mass is 16.1. The SMILES string of the molecule is N#Cc1ccccc1Cn1c(N2CCC[C@@H](N)C2)ccc(/C=C/c2cccnc2)c1=O. The molecule has 4 rings (SSSR count). The van der Waals surface area contributed by atoms with Gasteiger partial charge in [0, 0.05) is 37.1 Å². The number of nitriles is 1. The van der Waals surface area contributed by atoms with Gasteiger partial charge < -0.3 is 10.6 Å². The number of benzene rings is 1. The lowest BCUT2D eigenvalue weighted by atomic mass is 10.1. The second-order valence-corrected chi connectivity index (χ2v) is 7.78. The summed E-state index contributed by atoms with van der Waals surface area (Å²) in [6.45, 7) is 1.90. The lowest BCUT2D eigenvalue weighted by Gasteiger charge is -2.34. The van der Waals surface area contributed by atoms with Crippen molar-refractivity contribution < 1.29 is 0 Å². The number of rotatable bonds is 5. The Balaban J connectivity index is 1.76. The Morgan fingerprint density at radius 2 is 2.03 bits per heavy atom. The van der Waals surface area contributed by atoms with Crippen molar-refractivity contribution in [1.82, 2.24) is 9.55 Å². The van der Waals surface area contributed by atoms with Gasteiger partial charge in [0.05, 0.1) is 18.2 Å². The third-order valence-corrected chi connectivity index (χ3v) is 5.57. The second kappa shape index (κ2) is 9.41. The van der Waals surface area contributed by atoms with Crippen LogP contribution < -0.4 is 16.2 Å². The molecule has 0 radical (unpaired) electrons. The molecule has 1 atom stereocenters. The quantitative estimate of drug-likeness (QED) is 0.696. The van der Waals surface area contributed by atoms with Gasteiger partial charge in [-0.25, -0.2) is 0 Å². The summed E-state index contributed by atoms with van der Waals surface area (Å²) < 4.78 is 1.76. The van der Waals surface area contributed by atoms with Crippen LogP contribution in [-0.2, 0) is 6.54 Å². The summed E-state index contributed by atoms with van der Waals surface area (Å²) in [5, 5.41) is 9.50. The summed E-state index contributed by atoms with van der Waals surface area (Å²) in [6.07, 6.45) is 9.15. The zero-order chi connectivity index (χ0) is 21.6. The van der Waals surface area contributed by atoms with Crippen molar-refractivity contribution in [3.05, 3.63) is 93.5 Å². The first-order valence-corrected chi connectivity index (χ1v) is 10.5. The van der Waals surface area contributed by atoms with E-state index in [1.807, 2.05) is 54.6 Å². The van der Waals surface area contributed by atoms with Gasteiger partial charge >= 0.3 is 0 Å².